The molecule has 102 valence electrons. The van der Waals surface area contributed by atoms with Crippen molar-refractivity contribution >= 4 is 0 Å². The first-order valence-electron chi connectivity index (χ1n) is 4.95. The Hall–Kier alpha value is -1.02. The summed E-state index contributed by atoms with van der Waals surface area (Å²) >= 11 is 0. The zero-order chi connectivity index (χ0) is 13.8. The smallest absolute Gasteiger partial charge is 0.339 e. The number of hydrogen-bond donors (Lipinski definition) is 0. The van der Waals surface area contributed by atoms with E-state index < -0.39 is 34.9 Å². The second kappa shape index (κ2) is 3.74. The van der Waals surface area contributed by atoms with Crippen molar-refractivity contribution in [3.8, 4) is 0 Å². The molecule has 8 heteroatoms. The molecule has 0 saturated carbocycles. The van der Waals surface area contributed by atoms with E-state index in [1.165, 1.54) is 0 Å². The Labute approximate surface area is 97.9 Å². The van der Waals surface area contributed by atoms with Crippen LogP contribution in [0.15, 0.2) is 23.0 Å². The lowest BCUT2D eigenvalue weighted by molar-refractivity contribution is -0.271. The summed E-state index contributed by atoms with van der Waals surface area (Å²) in [5.41, 5.74) is -1.30. The minimum Gasteiger partial charge on any atom is -0.339 e. The molecule has 1 spiro atoms. The molecular weight excluding hydrogens is 266 g/mol. The molecule has 0 N–H and O–H groups in total. The molecule has 2 rings (SSSR count). The van der Waals surface area contributed by atoms with Crippen molar-refractivity contribution in [3.63, 3.8) is 0 Å². The van der Waals surface area contributed by atoms with Crippen LogP contribution in [0.2, 0.25) is 0 Å². The molecule has 1 heterocycles. The summed E-state index contributed by atoms with van der Waals surface area (Å²) in [5.74, 6) is -8.59. The predicted octanol–water partition coefficient (Wildman–Crippen LogP) is 3.11. The molecule has 1 aliphatic carbocycles. The van der Waals surface area contributed by atoms with Gasteiger partial charge < -0.3 is 9.47 Å². The summed E-state index contributed by atoms with van der Waals surface area (Å²) in [6.45, 7) is 0.535. The molecule has 0 bridgehead atoms. The number of ether oxygens (including phenoxy) is 2. The lowest BCUT2D eigenvalue weighted by atomic mass is 9.78. The van der Waals surface area contributed by atoms with E-state index in [-0.39, 0.29) is 19.3 Å². The van der Waals surface area contributed by atoms with Gasteiger partial charge in [0.2, 0.25) is 5.83 Å². The zero-order valence-electron chi connectivity index (χ0n) is 9.08. The van der Waals surface area contributed by atoms with Crippen molar-refractivity contribution in [1.82, 2.24) is 0 Å². The summed E-state index contributed by atoms with van der Waals surface area (Å²) in [6, 6.07) is 0. The fourth-order valence-electron chi connectivity index (χ4n) is 1.93. The maximum atomic E-state index is 13.5. The lowest BCUT2D eigenvalue weighted by Crippen LogP contribution is -2.59. The average Bonchev–Trinajstić information content (AvgIpc) is 2.74. The quantitative estimate of drug-likeness (QED) is 0.684. The molecule has 2 aliphatic rings. The van der Waals surface area contributed by atoms with Crippen LogP contribution in [0.5, 0.6) is 0 Å². The second-order valence-corrected chi connectivity index (χ2v) is 3.92. The van der Waals surface area contributed by atoms with Gasteiger partial charge in [-0.1, -0.05) is 0 Å². The molecule has 0 radical (unpaired) electrons. The minimum atomic E-state index is -5.22. The van der Waals surface area contributed by atoms with Crippen molar-refractivity contribution in [2.75, 3.05) is 13.2 Å². The largest absolute Gasteiger partial charge is 0.442 e. The van der Waals surface area contributed by atoms with Gasteiger partial charge in [-0.3, -0.25) is 0 Å². The van der Waals surface area contributed by atoms with Crippen LogP contribution in [0.1, 0.15) is 6.92 Å². The standard InChI is InChI=1S/C10H8F6O2/c1-5-6(4-7(11)10(14,15)16)9(8(5,12)13)17-2-3-18-9/h4H,2-3H2,1H3/b7-4-. The van der Waals surface area contributed by atoms with Crippen LogP contribution in [0.25, 0.3) is 0 Å². The van der Waals surface area contributed by atoms with Crippen LogP contribution in [0.4, 0.5) is 26.3 Å². The van der Waals surface area contributed by atoms with E-state index >= 15 is 0 Å². The van der Waals surface area contributed by atoms with Gasteiger partial charge in [0.25, 0.3) is 5.79 Å². The topological polar surface area (TPSA) is 18.5 Å². The van der Waals surface area contributed by atoms with Crippen molar-refractivity contribution < 1.29 is 35.8 Å². The van der Waals surface area contributed by atoms with Gasteiger partial charge in [0, 0.05) is 11.1 Å². The molecule has 0 unspecified atom stereocenters. The van der Waals surface area contributed by atoms with Crippen molar-refractivity contribution in [2.24, 2.45) is 0 Å². The van der Waals surface area contributed by atoms with E-state index in [2.05, 4.69) is 9.47 Å². The number of allylic oxidation sites excluding steroid dienone is 1. The third-order valence-electron chi connectivity index (χ3n) is 2.88. The van der Waals surface area contributed by atoms with E-state index in [0.717, 1.165) is 6.92 Å². The van der Waals surface area contributed by atoms with Gasteiger partial charge in [-0.25, -0.2) is 4.39 Å². The molecule has 2 nitrogen and oxygen atoms in total. The molecule has 1 saturated heterocycles. The molecule has 0 aromatic carbocycles. The molecule has 1 aliphatic heterocycles. The Morgan fingerprint density at radius 2 is 1.72 bits per heavy atom. The van der Waals surface area contributed by atoms with Gasteiger partial charge in [-0.2, -0.15) is 22.0 Å². The Morgan fingerprint density at radius 1 is 1.22 bits per heavy atom. The zero-order valence-corrected chi connectivity index (χ0v) is 9.08. The van der Waals surface area contributed by atoms with Crippen molar-refractivity contribution in [2.45, 2.75) is 24.8 Å². The van der Waals surface area contributed by atoms with E-state index in [4.69, 9.17) is 0 Å². The van der Waals surface area contributed by atoms with Crippen LogP contribution in [0, 0.1) is 0 Å². The number of halogens is 6. The Morgan fingerprint density at radius 3 is 2.17 bits per heavy atom. The average molecular weight is 274 g/mol. The van der Waals surface area contributed by atoms with Crippen LogP contribution >= 0.6 is 0 Å². The van der Waals surface area contributed by atoms with Crippen LogP contribution in [-0.4, -0.2) is 31.1 Å². The molecule has 0 amide bonds. The van der Waals surface area contributed by atoms with Gasteiger partial charge in [-0.05, 0) is 13.0 Å². The van der Waals surface area contributed by atoms with Crippen LogP contribution in [0.3, 0.4) is 0 Å². The normalized spacial score (nSPS) is 26.7. The number of alkyl halides is 5. The fourth-order valence-corrected chi connectivity index (χ4v) is 1.93. The summed E-state index contributed by atoms with van der Waals surface area (Å²) in [7, 11) is 0. The van der Waals surface area contributed by atoms with Crippen molar-refractivity contribution in [3.05, 3.63) is 23.0 Å². The third kappa shape index (κ3) is 1.58. The predicted molar refractivity (Wildman–Crippen MR) is 47.5 cm³/mol. The minimum absolute atomic E-state index is 0.00192. The highest BCUT2D eigenvalue weighted by Crippen LogP contribution is 2.57. The lowest BCUT2D eigenvalue weighted by Gasteiger charge is -2.45. The summed E-state index contributed by atoms with van der Waals surface area (Å²) < 4.78 is 85.3. The van der Waals surface area contributed by atoms with E-state index in [9.17, 15) is 26.3 Å². The van der Waals surface area contributed by atoms with Gasteiger partial charge in [-0.15, -0.1) is 0 Å². The van der Waals surface area contributed by atoms with Crippen LogP contribution in [-0.2, 0) is 9.47 Å². The third-order valence-corrected chi connectivity index (χ3v) is 2.88. The first-order chi connectivity index (χ1) is 8.13. The molecule has 0 aromatic heterocycles. The highest BCUT2D eigenvalue weighted by molar-refractivity contribution is 5.50. The maximum Gasteiger partial charge on any atom is 0.442 e. The second-order valence-electron chi connectivity index (χ2n) is 3.92. The molecule has 18 heavy (non-hydrogen) atoms. The summed E-state index contributed by atoms with van der Waals surface area (Å²) in [5, 5.41) is 0. The van der Waals surface area contributed by atoms with Gasteiger partial charge >= 0.3 is 12.1 Å². The highest BCUT2D eigenvalue weighted by atomic mass is 19.4. The van der Waals surface area contributed by atoms with Gasteiger partial charge in [0.05, 0.1) is 13.2 Å². The Balaban J connectivity index is 2.42. The van der Waals surface area contributed by atoms with Gasteiger partial charge in [0.15, 0.2) is 0 Å². The fraction of sp³-hybridized carbons (Fsp3) is 0.600. The first-order valence-corrected chi connectivity index (χ1v) is 4.95. The van der Waals surface area contributed by atoms with Crippen molar-refractivity contribution in [1.29, 1.82) is 0 Å². The SMILES string of the molecule is CC1=C(/C=C(\F)C(F)(F)F)C2(OCCO2)C1(F)F. The summed E-state index contributed by atoms with van der Waals surface area (Å²) in [4.78, 5) is 0. The molecule has 0 aromatic rings. The Bertz CT molecular complexity index is 428. The number of hydrogen-bond acceptors (Lipinski definition) is 2. The Kier molecular flexibility index (Phi) is 2.78. The maximum absolute atomic E-state index is 13.5. The highest BCUT2D eigenvalue weighted by Gasteiger charge is 2.70. The van der Waals surface area contributed by atoms with E-state index in [1.807, 2.05) is 0 Å². The summed E-state index contributed by atoms with van der Waals surface area (Å²) in [6.07, 6.45) is -5.23. The van der Waals surface area contributed by atoms with Gasteiger partial charge in [0.1, 0.15) is 0 Å². The molecule has 0 atom stereocenters. The number of rotatable bonds is 1. The van der Waals surface area contributed by atoms with E-state index in [1.54, 1.807) is 0 Å². The van der Waals surface area contributed by atoms with Crippen LogP contribution < -0.4 is 0 Å². The van der Waals surface area contributed by atoms with E-state index in [0.29, 0.717) is 0 Å². The molecule has 1 fully saturated rings. The first kappa shape index (κ1) is 13.4. The molecular formula is C10H8F6O2. The monoisotopic (exact) mass is 274 g/mol.